The highest BCUT2D eigenvalue weighted by atomic mass is 16.3. The minimum absolute atomic E-state index is 0.329. The average molecular weight is 503 g/mol. The van der Waals surface area contributed by atoms with E-state index in [1.54, 1.807) is 11.1 Å². The van der Waals surface area contributed by atoms with E-state index in [1.165, 1.54) is 43.5 Å². The van der Waals surface area contributed by atoms with Gasteiger partial charge in [0.25, 0.3) is 0 Å². The molecule has 4 atom stereocenters. The number of nitrogens with zero attached hydrogens (tertiary/aromatic N) is 2. The van der Waals surface area contributed by atoms with Crippen LogP contribution in [0.2, 0.25) is 0 Å². The molecule has 3 nitrogen and oxygen atoms in total. The second kappa shape index (κ2) is 13.8. The van der Waals surface area contributed by atoms with Crippen LogP contribution < -0.4 is 0 Å². The van der Waals surface area contributed by atoms with E-state index in [2.05, 4.69) is 58.4 Å². The van der Waals surface area contributed by atoms with Crippen LogP contribution >= 0.6 is 0 Å². The van der Waals surface area contributed by atoms with Gasteiger partial charge in [0.2, 0.25) is 0 Å². The van der Waals surface area contributed by atoms with E-state index in [0.29, 0.717) is 23.7 Å². The zero-order chi connectivity index (χ0) is 26.9. The molecule has 1 fully saturated rings. The molecule has 4 unspecified atom stereocenters. The second-order valence-electron chi connectivity index (χ2n) is 10.8. The smallest absolute Gasteiger partial charge is 0.198 e. The molecule has 37 heavy (non-hydrogen) atoms. The lowest BCUT2D eigenvalue weighted by atomic mass is 9.79. The van der Waals surface area contributed by atoms with Gasteiger partial charge in [-0.3, -0.25) is 0 Å². The Kier molecular flexibility index (Phi) is 10.9. The highest BCUT2D eigenvalue weighted by molar-refractivity contribution is 5.72. The Balaban J connectivity index is 0.00000186. The lowest BCUT2D eigenvalue weighted by Crippen LogP contribution is -2.31. The Morgan fingerprint density at radius 3 is 2.57 bits per heavy atom. The summed E-state index contributed by atoms with van der Waals surface area (Å²) in [7, 11) is 2.29. The molecule has 0 spiro atoms. The molecule has 1 saturated carbocycles. The monoisotopic (exact) mass is 502 g/mol. The molecule has 1 aromatic heterocycles. The third kappa shape index (κ3) is 6.67. The fourth-order valence-corrected chi connectivity index (χ4v) is 6.14. The van der Waals surface area contributed by atoms with Crippen molar-refractivity contribution in [2.75, 3.05) is 7.05 Å². The van der Waals surface area contributed by atoms with Gasteiger partial charge in [0.15, 0.2) is 11.5 Å². The first-order valence-corrected chi connectivity index (χ1v) is 14.8. The SMILES string of the molecule is C=C/C=C1/C(C)C/C=C2\CCCCC\C2=C(/C(C)C(C)CC(CC)c2nc3ccccc3o2)N1C.CC. The summed E-state index contributed by atoms with van der Waals surface area (Å²) in [6.45, 7) is 17.5. The summed E-state index contributed by atoms with van der Waals surface area (Å²) in [5.74, 6) is 2.65. The molecule has 0 N–H and O–H groups in total. The van der Waals surface area contributed by atoms with Gasteiger partial charge in [0, 0.05) is 24.4 Å². The minimum Gasteiger partial charge on any atom is -0.440 e. The maximum atomic E-state index is 6.21. The number of benzene rings is 1. The first kappa shape index (κ1) is 29.0. The molecule has 202 valence electrons. The van der Waals surface area contributed by atoms with Gasteiger partial charge in [-0.1, -0.05) is 78.8 Å². The summed E-state index contributed by atoms with van der Waals surface area (Å²) >= 11 is 0. The fourth-order valence-electron chi connectivity index (χ4n) is 6.14. The molecule has 0 amide bonds. The van der Waals surface area contributed by atoms with Crippen LogP contribution in [0.25, 0.3) is 11.1 Å². The number of rotatable bonds is 7. The Morgan fingerprint density at radius 2 is 1.86 bits per heavy atom. The average Bonchev–Trinajstić information content (AvgIpc) is 3.22. The normalized spacial score (nSPS) is 25.5. The number of oxazole rings is 1. The lowest BCUT2D eigenvalue weighted by molar-refractivity contribution is 0.289. The van der Waals surface area contributed by atoms with Crippen molar-refractivity contribution in [1.82, 2.24) is 9.88 Å². The van der Waals surface area contributed by atoms with Crippen LogP contribution in [0.4, 0.5) is 0 Å². The number of fused-ring (bicyclic) bond motifs is 2. The molecule has 1 aliphatic carbocycles. The van der Waals surface area contributed by atoms with Crippen LogP contribution in [0.5, 0.6) is 0 Å². The summed E-state index contributed by atoms with van der Waals surface area (Å²) in [5.41, 5.74) is 7.99. The quantitative estimate of drug-likeness (QED) is 0.377. The molecular weight excluding hydrogens is 452 g/mol. The van der Waals surface area contributed by atoms with Gasteiger partial charge in [-0.15, -0.1) is 0 Å². The van der Waals surface area contributed by atoms with Gasteiger partial charge in [-0.2, -0.15) is 0 Å². The van der Waals surface area contributed by atoms with E-state index in [9.17, 15) is 0 Å². The van der Waals surface area contributed by atoms with Crippen LogP contribution in [-0.2, 0) is 0 Å². The second-order valence-corrected chi connectivity index (χ2v) is 10.8. The van der Waals surface area contributed by atoms with Gasteiger partial charge in [-0.25, -0.2) is 4.98 Å². The van der Waals surface area contributed by atoms with Crippen LogP contribution in [-0.4, -0.2) is 16.9 Å². The highest BCUT2D eigenvalue weighted by Crippen LogP contribution is 2.42. The molecule has 1 aliphatic heterocycles. The van der Waals surface area contributed by atoms with Crippen molar-refractivity contribution >= 4 is 11.1 Å². The van der Waals surface area contributed by atoms with Crippen molar-refractivity contribution in [3.8, 4) is 0 Å². The van der Waals surface area contributed by atoms with E-state index in [0.717, 1.165) is 36.3 Å². The maximum absolute atomic E-state index is 6.21. The van der Waals surface area contributed by atoms with Crippen molar-refractivity contribution in [1.29, 1.82) is 0 Å². The van der Waals surface area contributed by atoms with Crippen LogP contribution in [0.15, 0.2) is 76.0 Å². The minimum atomic E-state index is 0.329. The molecule has 3 heteroatoms. The first-order chi connectivity index (χ1) is 17.9. The predicted octanol–water partition coefficient (Wildman–Crippen LogP) is 10.2. The highest BCUT2D eigenvalue weighted by Gasteiger charge is 2.31. The van der Waals surface area contributed by atoms with Crippen molar-refractivity contribution in [3.63, 3.8) is 0 Å². The predicted molar refractivity (Wildman–Crippen MR) is 159 cm³/mol. The number of allylic oxidation sites excluding steroid dienone is 7. The molecule has 0 radical (unpaired) electrons. The van der Waals surface area contributed by atoms with Gasteiger partial charge in [0.1, 0.15) is 5.52 Å². The number of aromatic nitrogens is 1. The Labute approximate surface area is 226 Å². The van der Waals surface area contributed by atoms with Crippen molar-refractivity contribution in [2.45, 2.75) is 98.8 Å². The molecule has 0 saturated heterocycles. The van der Waals surface area contributed by atoms with Gasteiger partial charge >= 0.3 is 0 Å². The van der Waals surface area contributed by atoms with Crippen molar-refractivity contribution < 1.29 is 4.42 Å². The zero-order valence-corrected chi connectivity index (χ0v) is 24.5. The molecule has 1 aromatic carbocycles. The molecular formula is C34H50N2O. The third-order valence-corrected chi connectivity index (χ3v) is 8.42. The Hall–Kier alpha value is -2.55. The molecule has 2 aliphatic rings. The number of hydrogen-bond donors (Lipinski definition) is 0. The molecule has 2 heterocycles. The topological polar surface area (TPSA) is 29.3 Å². The summed E-state index contributed by atoms with van der Waals surface area (Å²) in [4.78, 5) is 7.39. The number of para-hydroxylation sites is 2. The lowest BCUT2D eigenvalue weighted by Gasteiger charge is -2.39. The van der Waals surface area contributed by atoms with Crippen molar-refractivity contribution in [3.05, 3.63) is 77.5 Å². The van der Waals surface area contributed by atoms with E-state index >= 15 is 0 Å². The van der Waals surface area contributed by atoms with Gasteiger partial charge in [-0.05, 0) is 92.1 Å². The van der Waals surface area contributed by atoms with E-state index < -0.39 is 0 Å². The Bertz CT molecular complexity index is 1080. The van der Waals surface area contributed by atoms with Crippen LogP contribution in [0.1, 0.15) is 105 Å². The standard InChI is InChI=1S/C32H44N2O.C2H6/c1-7-14-29-22(3)19-20-26-15-10-9-11-16-27(26)31(34(29)6)24(5)23(4)21-25(8-2)32-33-28-17-12-13-18-30(28)35-32;1-2/h7,12-14,17-18,20,22-25H,1,8-11,15-16,19,21H2,2-6H3;1-2H3/b26-20+,29-14-,31-27-;. The number of hydrogen-bond acceptors (Lipinski definition) is 3. The van der Waals surface area contributed by atoms with Gasteiger partial charge in [0.05, 0.1) is 0 Å². The first-order valence-electron chi connectivity index (χ1n) is 14.8. The van der Waals surface area contributed by atoms with E-state index in [1.807, 2.05) is 44.2 Å². The summed E-state index contributed by atoms with van der Waals surface area (Å²) < 4.78 is 6.21. The van der Waals surface area contributed by atoms with E-state index in [4.69, 9.17) is 9.40 Å². The summed E-state index contributed by atoms with van der Waals surface area (Å²) in [6.07, 6.45) is 16.3. The van der Waals surface area contributed by atoms with Crippen LogP contribution in [0.3, 0.4) is 0 Å². The van der Waals surface area contributed by atoms with E-state index in [-0.39, 0.29) is 0 Å². The van der Waals surface area contributed by atoms with Crippen molar-refractivity contribution in [2.24, 2.45) is 17.8 Å². The Morgan fingerprint density at radius 1 is 1.14 bits per heavy atom. The molecule has 2 aromatic rings. The maximum Gasteiger partial charge on any atom is 0.198 e. The molecule has 0 bridgehead atoms. The fraction of sp³-hybridized carbons (Fsp3) is 0.559. The summed E-state index contributed by atoms with van der Waals surface area (Å²) in [5, 5.41) is 0. The van der Waals surface area contributed by atoms with Crippen LogP contribution in [0, 0.1) is 17.8 Å². The van der Waals surface area contributed by atoms with Gasteiger partial charge < -0.3 is 9.32 Å². The molecule has 4 rings (SSSR count). The largest absolute Gasteiger partial charge is 0.440 e. The third-order valence-electron chi connectivity index (χ3n) is 8.42. The zero-order valence-electron chi connectivity index (χ0n) is 24.5. The summed E-state index contributed by atoms with van der Waals surface area (Å²) in [6, 6.07) is 8.13.